The zero-order valence-corrected chi connectivity index (χ0v) is 10.9. The van der Waals surface area contributed by atoms with Crippen LogP contribution in [0.1, 0.15) is 5.69 Å². The van der Waals surface area contributed by atoms with E-state index in [0.717, 1.165) is 0 Å². The van der Waals surface area contributed by atoms with E-state index in [1.54, 1.807) is 22.6 Å². The molecule has 0 fully saturated rings. The van der Waals surface area contributed by atoms with Crippen LogP contribution in [-0.4, -0.2) is 11.3 Å². The molecule has 0 bridgehead atoms. The van der Waals surface area contributed by atoms with Gasteiger partial charge in [0.2, 0.25) is 0 Å². The summed E-state index contributed by atoms with van der Waals surface area (Å²) in [6.07, 6.45) is -4.72. The minimum atomic E-state index is -4.72. The minimum absolute atomic E-state index is 0.0334. The van der Waals surface area contributed by atoms with Crippen LogP contribution in [0.2, 0.25) is 0 Å². The number of nitrogens with two attached hydrogens (primary N) is 1. The third-order valence-corrected chi connectivity index (χ3v) is 2.78. The molecule has 0 aliphatic rings. The number of ether oxygens (including phenoxy) is 1. The number of halogens is 5. The molecule has 0 amide bonds. The Hall–Kier alpha value is -0.0900. The Balaban J connectivity index is 3.12. The molecule has 1 rings (SSSR count). The summed E-state index contributed by atoms with van der Waals surface area (Å²) in [6, 6.07) is 1.18. The third-order valence-electron chi connectivity index (χ3n) is 1.38. The highest BCUT2D eigenvalue weighted by atomic mass is 127. The van der Waals surface area contributed by atoms with Gasteiger partial charge in [-0.2, -0.15) is 0 Å². The van der Waals surface area contributed by atoms with E-state index in [9.17, 15) is 13.2 Å². The van der Waals surface area contributed by atoms with Gasteiger partial charge in [0, 0.05) is 12.6 Å². The van der Waals surface area contributed by atoms with Crippen molar-refractivity contribution in [3.8, 4) is 5.75 Å². The minimum Gasteiger partial charge on any atom is -0.404 e. The van der Waals surface area contributed by atoms with E-state index in [2.05, 4.69) is 25.7 Å². The van der Waals surface area contributed by atoms with E-state index < -0.39 is 6.36 Å². The lowest BCUT2D eigenvalue weighted by Crippen LogP contribution is -2.18. The number of hydrogen-bond acceptors (Lipinski definition) is 3. The lowest BCUT2D eigenvalue weighted by Gasteiger charge is -2.12. The fourth-order valence-corrected chi connectivity index (χ4v) is 1.88. The van der Waals surface area contributed by atoms with E-state index in [4.69, 9.17) is 5.73 Å². The number of nitrogens with zero attached hydrogens (tertiary/aromatic N) is 1. The Labute approximate surface area is 105 Å². The maximum absolute atomic E-state index is 12.0. The quantitative estimate of drug-likeness (QED) is 0.617. The van der Waals surface area contributed by atoms with E-state index in [-0.39, 0.29) is 16.8 Å². The fraction of sp³-hybridized carbons (Fsp3) is 0.286. The molecule has 1 aromatic heterocycles. The lowest BCUT2D eigenvalue weighted by atomic mass is 10.3. The van der Waals surface area contributed by atoms with Crippen molar-refractivity contribution in [2.75, 3.05) is 0 Å². The summed E-state index contributed by atoms with van der Waals surface area (Å²) in [7, 11) is 0. The zero-order chi connectivity index (χ0) is 11.6. The van der Waals surface area contributed by atoms with Crippen LogP contribution in [0.4, 0.5) is 13.2 Å². The second-order valence-electron chi connectivity index (χ2n) is 2.46. The predicted molar refractivity (Wildman–Crippen MR) is 59.2 cm³/mol. The number of aromatic nitrogens is 1. The van der Waals surface area contributed by atoms with Crippen molar-refractivity contribution in [3.05, 3.63) is 19.9 Å². The van der Waals surface area contributed by atoms with Crippen LogP contribution in [0.25, 0.3) is 0 Å². The summed E-state index contributed by atoms with van der Waals surface area (Å²) in [6.45, 7) is 0.0334. The van der Waals surface area contributed by atoms with Crippen LogP contribution >= 0.6 is 38.5 Å². The van der Waals surface area contributed by atoms with Crippen LogP contribution in [0.3, 0.4) is 0 Å². The molecule has 3 nitrogen and oxygen atoms in total. The van der Waals surface area contributed by atoms with Gasteiger partial charge in [0.15, 0.2) is 0 Å². The van der Waals surface area contributed by atoms with Gasteiger partial charge in [-0.1, -0.05) is 0 Å². The standard InChI is InChI=1S/C7H5BrF3IN2O/c8-6-3(2-13)14-5(12)1-4(6)15-7(9,10)11/h1H,2,13H2. The molecule has 0 aliphatic heterocycles. The largest absolute Gasteiger partial charge is 0.573 e. The van der Waals surface area contributed by atoms with Crippen molar-refractivity contribution in [2.45, 2.75) is 12.9 Å². The van der Waals surface area contributed by atoms with E-state index in [1.807, 2.05) is 0 Å². The van der Waals surface area contributed by atoms with Crippen LogP contribution < -0.4 is 10.5 Å². The summed E-state index contributed by atoms with van der Waals surface area (Å²) >= 11 is 4.75. The summed E-state index contributed by atoms with van der Waals surface area (Å²) in [5.74, 6) is -0.331. The fourth-order valence-electron chi connectivity index (χ4n) is 0.858. The Morgan fingerprint density at radius 2 is 2.13 bits per heavy atom. The highest BCUT2D eigenvalue weighted by Crippen LogP contribution is 2.33. The normalized spacial score (nSPS) is 11.6. The molecular formula is C7H5BrF3IN2O. The molecule has 1 heterocycles. The Bertz CT molecular complexity index is 372. The Morgan fingerprint density at radius 1 is 1.53 bits per heavy atom. The molecule has 0 aromatic carbocycles. The van der Waals surface area contributed by atoms with Crippen LogP contribution in [-0.2, 0) is 6.54 Å². The molecule has 0 saturated carbocycles. The SMILES string of the molecule is NCc1nc(I)cc(OC(F)(F)F)c1Br. The van der Waals surface area contributed by atoms with Crippen LogP contribution in [0.15, 0.2) is 10.5 Å². The summed E-state index contributed by atoms with van der Waals surface area (Å²) in [5.41, 5.74) is 5.64. The predicted octanol–water partition coefficient (Wildman–Crippen LogP) is 2.81. The monoisotopic (exact) mass is 396 g/mol. The maximum Gasteiger partial charge on any atom is 0.573 e. The highest BCUT2D eigenvalue weighted by molar-refractivity contribution is 14.1. The molecule has 0 aliphatic carbocycles. The lowest BCUT2D eigenvalue weighted by molar-refractivity contribution is -0.275. The summed E-state index contributed by atoms with van der Waals surface area (Å²) in [5, 5.41) is 0. The van der Waals surface area contributed by atoms with Crippen LogP contribution in [0, 0.1) is 3.70 Å². The number of rotatable bonds is 2. The first kappa shape index (κ1) is 13.0. The first-order valence-corrected chi connectivity index (χ1v) is 5.51. The molecule has 15 heavy (non-hydrogen) atoms. The molecule has 0 saturated heterocycles. The average molecular weight is 397 g/mol. The first-order chi connectivity index (χ1) is 6.83. The first-order valence-electron chi connectivity index (χ1n) is 3.64. The summed E-state index contributed by atoms with van der Waals surface area (Å²) in [4.78, 5) is 3.95. The highest BCUT2D eigenvalue weighted by Gasteiger charge is 2.32. The van der Waals surface area contributed by atoms with Gasteiger partial charge in [0.05, 0.1) is 10.2 Å². The molecule has 0 unspecified atom stereocenters. The molecule has 2 N–H and O–H groups in total. The van der Waals surface area contributed by atoms with Crippen molar-refractivity contribution >= 4 is 38.5 Å². The van der Waals surface area contributed by atoms with Gasteiger partial charge in [-0.25, -0.2) is 4.98 Å². The molecule has 84 valence electrons. The Morgan fingerprint density at radius 3 is 2.60 bits per heavy atom. The van der Waals surface area contributed by atoms with Gasteiger partial charge in [-0.3, -0.25) is 0 Å². The van der Waals surface area contributed by atoms with E-state index in [1.165, 1.54) is 6.07 Å². The van der Waals surface area contributed by atoms with Gasteiger partial charge in [-0.15, -0.1) is 13.2 Å². The second kappa shape index (κ2) is 4.83. The van der Waals surface area contributed by atoms with Crippen molar-refractivity contribution in [1.29, 1.82) is 0 Å². The number of pyridine rings is 1. The van der Waals surface area contributed by atoms with Crippen molar-refractivity contribution in [2.24, 2.45) is 5.73 Å². The summed E-state index contributed by atoms with van der Waals surface area (Å²) < 4.78 is 40.3. The topological polar surface area (TPSA) is 48.1 Å². The smallest absolute Gasteiger partial charge is 0.404 e. The second-order valence-corrected chi connectivity index (χ2v) is 4.35. The zero-order valence-electron chi connectivity index (χ0n) is 7.11. The molecule has 0 radical (unpaired) electrons. The van der Waals surface area contributed by atoms with E-state index in [0.29, 0.717) is 9.39 Å². The van der Waals surface area contributed by atoms with Gasteiger partial charge >= 0.3 is 6.36 Å². The number of alkyl halides is 3. The van der Waals surface area contributed by atoms with E-state index >= 15 is 0 Å². The molecular weight excluding hydrogens is 392 g/mol. The molecule has 8 heteroatoms. The molecule has 0 spiro atoms. The third kappa shape index (κ3) is 3.76. The van der Waals surface area contributed by atoms with Crippen LogP contribution in [0.5, 0.6) is 5.75 Å². The van der Waals surface area contributed by atoms with Gasteiger partial charge < -0.3 is 10.5 Å². The maximum atomic E-state index is 12.0. The number of hydrogen-bond donors (Lipinski definition) is 1. The van der Waals surface area contributed by atoms with Crippen molar-refractivity contribution < 1.29 is 17.9 Å². The van der Waals surface area contributed by atoms with Gasteiger partial charge in [-0.05, 0) is 38.5 Å². The average Bonchev–Trinajstić information content (AvgIpc) is 2.08. The van der Waals surface area contributed by atoms with Crippen molar-refractivity contribution in [3.63, 3.8) is 0 Å². The molecule has 0 atom stereocenters. The Kier molecular flexibility index (Phi) is 4.18. The van der Waals surface area contributed by atoms with Gasteiger partial charge in [0.1, 0.15) is 9.45 Å². The molecule has 1 aromatic rings. The van der Waals surface area contributed by atoms with Crippen molar-refractivity contribution in [1.82, 2.24) is 4.98 Å². The van der Waals surface area contributed by atoms with Gasteiger partial charge in [0.25, 0.3) is 0 Å².